The van der Waals surface area contributed by atoms with Gasteiger partial charge in [-0.1, -0.05) is 0 Å². The molecule has 0 aliphatic rings. The third kappa shape index (κ3) is 1.67. The number of methoxy groups -OCH3 is 1. The number of aryl methyl sites for hydroxylation is 1. The summed E-state index contributed by atoms with van der Waals surface area (Å²) in [5.74, 6) is -0.396. The summed E-state index contributed by atoms with van der Waals surface area (Å²) >= 11 is 0. The molecule has 0 N–H and O–H groups in total. The van der Waals surface area contributed by atoms with Gasteiger partial charge < -0.3 is 4.74 Å². The monoisotopic (exact) mass is 217 g/mol. The zero-order valence-electron chi connectivity index (χ0n) is 9.04. The number of pyridine rings is 1. The fraction of sp³-hybridized carbons (Fsp3) is 0.182. The quantitative estimate of drug-likeness (QED) is 0.711. The van der Waals surface area contributed by atoms with Crippen molar-refractivity contribution in [2.75, 3.05) is 7.11 Å². The predicted molar refractivity (Wildman–Crippen MR) is 57.8 cm³/mol. The van der Waals surface area contributed by atoms with Crippen LogP contribution in [0.1, 0.15) is 10.4 Å². The number of ether oxygens (including phenoxy) is 1. The average Bonchev–Trinajstić information content (AvgIpc) is 2.71. The fourth-order valence-electron chi connectivity index (χ4n) is 1.54. The molecule has 0 aliphatic heterocycles. The van der Waals surface area contributed by atoms with Crippen LogP contribution in [0.15, 0.2) is 30.7 Å². The normalized spacial score (nSPS) is 10.1. The first kappa shape index (κ1) is 10.4. The second-order valence-corrected chi connectivity index (χ2v) is 3.26. The van der Waals surface area contributed by atoms with Crippen molar-refractivity contribution in [2.24, 2.45) is 7.05 Å². The third-order valence-corrected chi connectivity index (χ3v) is 2.28. The van der Waals surface area contributed by atoms with E-state index in [4.69, 9.17) is 4.74 Å². The molecule has 5 heteroatoms. The smallest absolute Gasteiger partial charge is 0.341 e. The number of aromatic nitrogens is 3. The molecule has 0 amide bonds. The van der Waals surface area contributed by atoms with Gasteiger partial charge in [0.25, 0.3) is 0 Å². The van der Waals surface area contributed by atoms with Gasteiger partial charge in [-0.3, -0.25) is 9.67 Å². The van der Waals surface area contributed by atoms with Crippen molar-refractivity contribution in [2.45, 2.75) is 0 Å². The first-order valence-electron chi connectivity index (χ1n) is 4.74. The van der Waals surface area contributed by atoms with Crippen molar-refractivity contribution in [3.8, 4) is 11.3 Å². The Morgan fingerprint density at radius 1 is 1.44 bits per heavy atom. The predicted octanol–water partition coefficient (Wildman–Crippen LogP) is 1.27. The van der Waals surface area contributed by atoms with Crippen LogP contribution in [0.4, 0.5) is 0 Å². The SMILES string of the molecule is COC(=O)c1cnn(C)c1-c1cccnc1. The summed E-state index contributed by atoms with van der Waals surface area (Å²) < 4.78 is 6.33. The molecule has 5 nitrogen and oxygen atoms in total. The van der Waals surface area contributed by atoms with Gasteiger partial charge >= 0.3 is 5.97 Å². The Kier molecular flexibility index (Phi) is 2.68. The highest BCUT2D eigenvalue weighted by atomic mass is 16.5. The van der Waals surface area contributed by atoms with Crippen LogP contribution in [0.5, 0.6) is 0 Å². The van der Waals surface area contributed by atoms with E-state index in [-0.39, 0.29) is 0 Å². The van der Waals surface area contributed by atoms with E-state index in [0.717, 1.165) is 5.56 Å². The Hall–Kier alpha value is -2.17. The van der Waals surface area contributed by atoms with Gasteiger partial charge in [-0.15, -0.1) is 0 Å². The standard InChI is InChI=1S/C11H11N3O2/c1-14-10(8-4-3-5-12-6-8)9(7-13-14)11(15)16-2/h3-7H,1-2H3. The maximum atomic E-state index is 11.5. The van der Waals surface area contributed by atoms with E-state index in [2.05, 4.69) is 10.1 Å². The second kappa shape index (κ2) is 4.14. The van der Waals surface area contributed by atoms with E-state index in [1.807, 2.05) is 12.1 Å². The third-order valence-electron chi connectivity index (χ3n) is 2.28. The highest BCUT2D eigenvalue weighted by Gasteiger charge is 2.17. The molecule has 0 atom stereocenters. The molecule has 0 saturated heterocycles. The van der Waals surface area contributed by atoms with Gasteiger partial charge in [0.1, 0.15) is 5.56 Å². The molecule has 0 unspecified atom stereocenters. The van der Waals surface area contributed by atoms with E-state index in [1.165, 1.54) is 13.3 Å². The molecular weight excluding hydrogens is 206 g/mol. The van der Waals surface area contributed by atoms with Crippen LogP contribution in [0, 0.1) is 0 Å². The van der Waals surface area contributed by atoms with Gasteiger partial charge in [0.15, 0.2) is 0 Å². The highest BCUT2D eigenvalue weighted by molar-refractivity contribution is 5.95. The van der Waals surface area contributed by atoms with Crippen molar-refractivity contribution >= 4 is 5.97 Å². The Morgan fingerprint density at radius 2 is 2.25 bits per heavy atom. The summed E-state index contributed by atoms with van der Waals surface area (Å²) in [5, 5.41) is 4.05. The van der Waals surface area contributed by atoms with Crippen LogP contribution in [-0.2, 0) is 11.8 Å². The van der Waals surface area contributed by atoms with Crippen LogP contribution < -0.4 is 0 Å². The lowest BCUT2D eigenvalue weighted by atomic mass is 10.1. The van der Waals surface area contributed by atoms with Gasteiger partial charge in [-0.2, -0.15) is 5.10 Å². The molecular formula is C11H11N3O2. The van der Waals surface area contributed by atoms with Crippen molar-refractivity contribution in [3.05, 3.63) is 36.3 Å². The second-order valence-electron chi connectivity index (χ2n) is 3.26. The first-order chi connectivity index (χ1) is 7.74. The zero-order chi connectivity index (χ0) is 11.5. The van der Waals surface area contributed by atoms with Crippen LogP contribution >= 0.6 is 0 Å². The molecule has 0 fully saturated rings. The largest absolute Gasteiger partial charge is 0.465 e. The molecule has 0 spiro atoms. The van der Waals surface area contributed by atoms with Crippen molar-refractivity contribution < 1.29 is 9.53 Å². The first-order valence-corrected chi connectivity index (χ1v) is 4.74. The molecule has 0 saturated carbocycles. The van der Waals surface area contributed by atoms with E-state index >= 15 is 0 Å². The molecule has 2 aromatic rings. The summed E-state index contributed by atoms with van der Waals surface area (Å²) in [5.41, 5.74) is 1.99. The number of hydrogen-bond donors (Lipinski definition) is 0. The number of nitrogens with zero attached hydrogens (tertiary/aromatic N) is 3. The van der Waals surface area contributed by atoms with Crippen LogP contribution in [0.2, 0.25) is 0 Å². The van der Waals surface area contributed by atoms with E-state index in [1.54, 1.807) is 24.1 Å². The summed E-state index contributed by atoms with van der Waals surface area (Å²) in [6.45, 7) is 0. The molecule has 16 heavy (non-hydrogen) atoms. The maximum Gasteiger partial charge on any atom is 0.341 e. The highest BCUT2D eigenvalue weighted by Crippen LogP contribution is 2.22. The van der Waals surface area contributed by atoms with Crippen LogP contribution in [0.3, 0.4) is 0 Å². The number of esters is 1. The Morgan fingerprint density at radius 3 is 2.88 bits per heavy atom. The van der Waals surface area contributed by atoms with E-state index in [0.29, 0.717) is 11.3 Å². The maximum absolute atomic E-state index is 11.5. The topological polar surface area (TPSA) is 57.0 Å². The van der Waals surface area contributed by atoms with Crippen LogP contribution in [0.25, 0.3) is 11.3 Å². The Labute approximate surface area is 92.7 Å². The molecule has 2 aromatic heterocycles. The van der Waals surface area contributed by atoms with Gasteiger partial charge in [0.05, 0.1) is 19.0 Å². The molecule has 0 radical (unpaired) electrons. The lowest BCUT2D eigenvalue weighted by Crippen LogP contribution is -2.03. The van der Waals surface area contributed by atoms with Crippen molar-refractivity contribution in [3.63, 3.8) is 0 Å². The lowest BCUT2D eigenvalue weighted by molar-refractivity contribution is 0.0601. The molecule has 0 bridgehead atoms. The number of hydrogen-bond acceptors (Lipinski definition) is 4. The summed E-state index contributed by atoms with van der Waals surface area (Å²) in [4.78, 5) is 15.5. The number of carbonyl (C=O) groups is 1. The lowest BCUT2D eigenvalue weighted by Gasteiger charge is -2.04. The minimum Gasteiger partial charge on any atom is -0.465 e. The number of rotatable bonds is 2. The Bertz CT molecular complexity index is 505. The van der Waals surface area contributed by atoms with Crippen molar-refractivity contribution in [1.29, 1.82) is 0 Å². The Balaban J connectivity index is 2.56. The molecule has 2 heterocycles. The van der Waals surface area contributed by atoms with Crippen molar-refractivity contribution in [1.82, 2.24) is 14.8 Å². The minimum atomic E-state index is -0.396. The summed E-state index contributed by atoms with van der Waals surface area (Å²) in [6, 6.07) is 3.68. The van der Waals surface area contributed by atoms with Gasteiger partial charge in [-0.05, 0) is 12.1 Å². The molecule has 82 valence electrons. The molecule has 0 aromatic carbocycles. The summed E-state index contributed by atoms with van der Waals surface area (Å²) in [7, 11) is 3.12. The average molecular weight is 217 g/mol. The molecule has 2 rings (SSSR count). The summed E-state index contributed by atoms with van der Waals surface area (Å²) in [6.07, 6.45) is 4.86. The fourth-order valence-corrected chi connectivity index (χ4v) is 1.54. The van der Waals surface area contributed by atoms with Gasteiger partial charge in [-0.25, -0.2) is 4.79 Å². The zero-order valence-corrected chi connectivity index (χ0v) is 9.04. The molecule has 0 aliphatic carbocycles. The van der Waals surface area contributed by atoms with Gasteiger partial charge in [0.2, 0.25) is 0 Å². The van der Waals surface area contributed by atoms with Gasteiger partial charge in [0, 0.05) is 25.0 Å². The van der Waals surface area contributed by atoms with E-state index < -0.39 is 5.97 Å². The van der Waals surface area contributed by atoms with Crippen LogP contribution in [-0.4, -0.2) is 27.8 Å². The number of carbonyl (C=O) groups excluding carboxylic acids is 1. The minimum absolute atomic E-state index is 0.396. The van der Waals surface area contributed by atoms with E-state index in [9.17, 15) is 4.79 Å².